The summed E-state index contributed by atoms with van der Waals surface area (Å²) in [6.07, 6.45) is 0. The van der Waals surface area contributed by atoms with E-state index in [4.69, 9.17) is 9.84 Å². The summed E-state index contributed by atoms with van der Waals surface area (Å²) in [5, 5.41) is 21.8. The van der Waals surface area contributed by atoms with Crippen LogP contribution in [0.25, 0.3) is 0 Å². The highest BCUT2D eigenvalue weighted by molar-refractivity contribution is 5.96. The first kappa shape index (κ1) is 13.5. The Hall–Kier alpha value is -2.88. The molecule has 0 radical (unpaired) electrons. The van der Waals surface area contributed by atoms with E-state index in [0.717, 1.165) is 6.07 Å². The largest absolute Gasteiger partial charge is 0.481 e. The molecule has 0 bridgehead atoms. The molecule has 0 spiro atoms. The molecule has 0 saturated carbocycles. The first-order valence-electron chi connectivity index (χ1n) is 5.32. The Morgan fingerprint density at radius 1 is 1.60 bits per heavy atom. The number of carbonyl (C=O) groups excluding carboxylic acids is 1. The summed E-state index contributed by atoms with van der Waals surface area (Å²) in [7, 11) is 0. The zero-order chi connectivity index (χ0) is 14.7. The summed E-state index contributed by atoms with van der Waals surface area (Å²) in [4.78, 5) is 36.3. The number of nitro groups is 1. The first-order chi connectivity index (χ1) is 9.47. The predicted octanol–water partition coefficient (Wildman–Crippen LogP) is 0.354. The fourth-order valence-electron chi connectivity index (χ4n) is 1.52. The predicted molar refractivity (Wildman–Crippen MR) is 64.4 cm³/mol. The summed E-state index contributed by atoms with van der Waals surface area (Å²) < 4.78 is 5.05. The van der Waals surface area contributed by atoms with Crippen molar-refractivity contribution in [3.8, 4) is 5.75 Å². The fourth-order valence-corrected chi connectivity index (χ4v) is 1.52. The molecule has 1 aromatic rings. The maximum Gasteiger partial charge on any atom is 0.332 e. The average Bonchev–Trinajstić information content (AvgIpc) is 2.37. The van der Waals surface area contributed by atoms with Crippen molar-refractivity contribution in [3.05, 3.63) is 22.2 Å². The molecule has 10 nitrogen and oxygen atoms in total. The fraction of sp³-hybridized carbons (Fsp3) is 0.200. The lowest BCUT2D eigenvalue weighted by Crippen LogP contribution is -2.25. The topological polar surface area (TPSA) is 140 Å². The van der Waals surface area contributed by atoms with Crippen molar-refractivity contribution in [1.29, 1.82) is 0 Å². The number of rotatable bonds is 5. The van der Waals surface area contributed by atoms with Gasteiger partial charge in [-0.2, -0.15) is 0 Å². The van der Waals surface area contributed by atoms with Crippen molar-refractivity contribution in [2.24, 2.45) is 0 Å². The summed E-state index contributed by atoms with van der Waals surface area (Å²) in [6.45, 7) is -0.913. The molecular formula is C10H9N3O7. The summed E-state index contributed by atoms with van der Waals surface area (Å²) in [5.74, 6) is -1.49. The number of fused-ring (bicyclic) bond motifs is 1. The number of aliphatic carboxylic acids is 1. The Balaban J connectivity index is 2.28. The lowest BCUT2D eigenvalue weighted by molar-refractivity contribution is -0.384. The van der Waals surface area contributed by atoms with Gasteiger partial charge in [0.2, 0.25) is 0 Å². The maximum atomic E-state index is 11.2. The second-order valence-electron chi connectivity index (χ2n) is 3.74. The molecule has 1 aromatic carbocycles. The molecule has 1 aliphatic heterocycles. The molecule has 3 N–H and O–H groups in total. The van der Waals surface area contributed by atoms with Gasteiger partial charge in [-0.3, -0.25) is 25.2 Å². The maximum absolute atomic E-state index is 11.2. The Bertz CT molecular complexity index is 586. The summed E-state index contributed by atoms with van der Waals surface area (Å²) >= 11 is 0. The molecule has 0 fully saturated rings. The van der Waals surface area contributed by atoms with Crippen molar-refractivity contribution >= 4 is 28.9 Å². The molecule has 0 saturated heterocycles. The number of amides is 1. The quantitative estimate of drug-likeness (QED) is 0.519. The lowest BCUT2D eigenvalue weighted by atomic mass is 10.2. The Kier molecular flexibility index (Phi) is 3.66. The van der Waals surface area contributed by atoms with Crippen molar-refractivity contribution in [2.45, 2.75) is 0 Å². The van der Waals surface area contributed by atoms with E-state index in [1.54, 1.807) is 0 Å². The van der Waals surface area contributed by atoms with Gasteiger partial charge in [0.05, 0.1) is 16.7 Å². The molecule has 0 unspecified atom stereocenters. The smallest absolute Gasteiger partial charge is 0.332 e. The molecule has 0 aliphatic carbocycles. The molecule has 0 atom stereocenters. The highest BCUT2D eigenvalue weighted by Crippen LogP contribution is 2.37. The zero-order valence-electron chi connectivity index (χ0n) is 9.91. The van der Waals surface area contributed by atoms with Gasteiger partial charge in [-0.1, -0.05) is 0 Å². The van der Waals surface area contributed by atoms with Crippen LogP contribution in [0.2, 0.25) is 0 Å². The molecule has 1 heterocycles. The van der Waals surface area contributed by atoms with Gasteiger partial charge in [0.1, 0.15) is 5.69 Å². The Morgan fingerprint density at radius 2 is 2.35 bits per heavy atom. The van der Waals surface area contributed by atoms with Gasteiger partial charge in [0.15, 0.2) is 19.0 Å². The van der Waals surface area contributed by atoms with Gasteiger partial charge in [-0.05, 0) is 6.07 Å². The molecule has 20 heavy (non-hydrogen) atoms. The minimum atomic E-state index is -1.24. The number of anilines is 2. The van der Waals surface area contributed by atoms with Gasteiger partial charge in [0.25, 0.3) is 11.6 Å². The normalized spacial score (nSPS) is 12.9. The lowest BCUT2D eigenvalue weighted by Gasteiger charge is -2.18. The number of carbonyl (C=O) groups is 2. The third-order valence-electron chi connectivity index (χ3n) is 2.31. The average molecular weight is 283 g/mol. The van der Waals surface area contributed by atoms with Crippen LogP contribution in [0.5, 0.6) is 5.75 Å². The van der Waals surface area contributed by atoms with E-state index in [0.29, 0.717) is 0 Å². The number of benzene rings is 1. The van der Waals surface area contributed by atoms with E-state index in [1.165, 1.54) is 6.07 Å². The van der Waals surface area contributed by atoms with E-state index in [9.17, 15) is 19.7 Å². The molecule has 1 aliphatic rings. The van der Waals surface area contributed by atoms with Crippen LogP contribution in [0.1, 0.15) is 0 Å². The second kappa shape index (κ2) is 5.40. The SMILES string of the molecule is O=C(O)CONc1cc2c(cc1[N+](=O)[O-])OCC(=O)N2. The third kappa shape index (κ3) is 2.92. The monoisotopic (exact) mass is 283 g/mol. The molecule has 2 rings (SSSR count). The van der Waals surface area contributed by atoms with Gasteiger partial charge in [0, 0.05) is 0 Å². The highest BCUT2D eigenvalue weighted by Gasteiger charge is 2.24. The van der Waals surface area contributed by atoms with Crippen LogP contribution in [0.15, 0.2) is 12.1 Å². The minimum absolute atomic E-state index is 0.0965. The van der Waals surface area contributed by atoms with Crippen LogP contribution in [-0.4, -0.2) is 35.1 Å². The van der Waals surface area contributed by atoms with Crippen molar-refractivity contribution < 1.29 is 29.2 Å². The van der Waals surface area contributed by atoms with Crippen LogP contribution >= 0.6 is 0 Å². The Labute approximate surface area is 111 Å². The second-order valence-corrected chi connectivity index (χ2v) is 3.74. The van der Waals surface area contributed by atoms with E-state index in [1.807, 2.05) is 0 Å². The number of ether oxygens (including phenoxy) is 1. The van der Waals surface area contributed by atoms with Crippen molar-refractivity contribution in [3.63, 3.8) is 0 Å². The van der Waals surface area contributed by atoms with Crippen molar-refractivity contribution in [2.75, 3.05) is 24.0 Å². The van der Waals surface area contributed by atoms with Gasteiger partial charge < -0.3 is 15.2 Å². The number of carboxylic acids is 1. The van der Waals surface area contributed by atoms with Crippen LogP contribution in [0, 0.1) is 10.1 Å². The number of carboxylic acid groups (broad SMARTS) is 1. The number of hydrogen-bond donors (Lipinski definition) is 3. The molecule has 106 valence electrons. The van der Waals surface area contributed by atoms with E-state index in [2.05, 4.69) is 15.6 Å². The number of nitrogens with zero attached hydrogens (tertiary/aromatic N) is 1. The minimum Gasteiger partial charge on any atom is -0.481 e. The summed E-state index contributed by atoms with van der Waals surface area (Å²) in [6, 6.07) is 2.34. The molecular weight excluding hydrogens is 274 g/mol. The number of nitrogens with one attached hydrogen (secondary N) is 2. The number of nitro benzene ring substituents is 1. The van der Waals surface area contributed by atoms with E-state index < -0.39 is 23.4 Å². The third-order valence-corrected chi connectivity index (χ3v) is 2.31. The van der Waals surface area contributed by atoms with E-state index in [-0.39, 0.29) is 29.4 Å². The van der Waals surface area contributed by atoms with Crippen LogP contribution in [0.3, 0.4) is 0 Å². The van der Waals surface area contributed by atoms with E-state index >= 15 is 0 Å². The molecule has 1 amide bonds. The van der Waals surface area contributed by atoms with Gasteiger partial charge in [-0.25, -0.2) is 4.79 Å². The molecule has 10 heteroatoms. The van der Waals surface area contributed by atoms with Gasteiger partial charge >= 0.3 is 5.97 Å². The van der Waals surface area contributed by atoms with Crippen molar-refractivity contribution in [1.82, 2.24) is 0 Å². The summed E-state index contributed by atoms with van der Waals surface area (Å²) in [5.41, 5.74) is 1.92. The Morgan fingerprint density at radius 3 is 3.00 bits per heavy atom. The van der Waals surface area contributed by atoms with Crippen LogP contribution in [0.4, 0.5) is 17.1 Å². The van der Waals surface area contributed by atoms with Crippen LogP contribution in [-0.2, 0) is 14.4 Å². The highest BCUT2D eigenvalue weighted by atomic mass is 16.7. The number of hydrogen-bond acceptors (Lipinski definition) is 7. The van der Waals surface area contributed by atoms with Crippen LogP contribution < -0.4 is 15.5 Å². The zero-order valence-corrected chi connectivity index (χ0v) is 9.91. The standard InChI is InChI=1S/C10H9N3O7/c14-9-3-19-8-2-7(13(17)18)5(1-6(8)11-9)12-20-4-10(15)16/h1-2,12H,3-4H2,(H,11,14)(H,15,16). The first-order valence-corrected chi connectivity index (χ1v) is 5.32. The molecule has 0 aromatic heterocycles. The van der Waals surface area contributed by atoms with Gasteiger partial charge in [-0.15, -0.1) is 0 Å².